The van der Waals surface area contributed by atoms with Crippen molar-refractivity contribution in [2.45, 2.75) is 26.4 Å². The van der Waals surface area contributed by atoms with Gasteiger partial charge in [-0.15, -0.1) is 0 Å². The van der Waals surface area contributed by atoms with Gasteiger partial charge in [-0.1, -0.05) is 24.3 Å². The minimum absolute atomic E-state index is 0.0511. The molecule has 0 saturated carbocycles. The first-order valence-electron chi connectivity index (χ1n) is 12.0. The number of esters is 1. The van der Waals surface area contributed by atoms with E-state index in [0.717, 1.165) is 0 Å². The summed E-state index contributed by atoms with van der Waals surface area (Å²) in [6.45, 7) is 7.62. The number of hydrogen-bond acceptors (Lipinski definition) is 9. The highest BCUT2D eigenvalue weighted by Gasteiger charge is 2.52. The molecule has 3 rings (SSSR count). The van der Waals surface area contributed by atoms with Crippen LogP contribution in [-0.2, 0) is 19.9 Å². The molecule has 2 aromatic carbocycles. The van der Waals surface area contributed by atoms with Gasteiger partial charge in [0.25, 0.3) is 0 Å². The molecule has 0 aliphatic carbocycles. The maximum atomic E-state index is 13.9. The van der Waals surface area contributed by atoms with Crippen LogP contribution in [0.2, 0.25) is 0 Å². The molecule has 0 atom stereocenters. The zero-order valence-corrected chi connectivity index (χ0v) is 20.6. The summed E-state index contributed by atoms with van der Waals surface area (Å²) in [4.78, 5) is 15.7. The van der Waals surface area contributed by atoms with Crippen LogP contribution in [0.3, 0.4) is 0 Å². The average Bonchev–Trinajstić information content (AvgIpc) is 2.85. The number of hydrogen-bond donors (Lipinski definition) is 2. The van der Waals surface area contributed by atoms with E-state index in [2.05, 4.69) is 0 Å². The number of ether oxygens (including phenoxy) is 5. The molecule has 0 fully saturated rings. The zero-order valence-electron chi connectivity index (χ0n) is 20.6. The molecule has 1 aliphatic heterocycles. The van der Waals surface area contributed by atoms with Crippen molar-refractivity contribution in [2.75, 3.05) is 59.3 Å². The van der Waals surface area contributed by atoms with E-state index in [1.807, 2.05) is 25.7 Å². The van der Waals surface area contributed by atoms with Crippen molar-refractivity contribution >= 4 is 5.97 Å². The lowest BCUT2D eigenvalue weighted by Gasteiger charge is -2.38. The highest BCUT2D eigenvalue weighted by molar-refractivity contribution is 5.90. The first kappa shape index (κ1) is 26.7. The van der Waals surface area contributed by atoms with E-state index in [1.165, 1.54) is 0 Å². The van der Waals surface area contributed by atoms with Crippen LogP contribution in [0.1, 0.15) is 31.9 Å². The highest BCUT2D eigenvalue weighted by atomic mass is 16.6. The number of carbonyl (C=O) groups is 1. The molecule has 192 valence electrons. The van der Waals surface area contributed by atoms with E-state index in [-0.39, 0.29) is 26.4 Å². The predicted octanol–water partition coefficient (Wildman–Crippen LogP) is 2.70. The molecule has 9 nitrogen and oxygen atoms in total. The number of nitrogens with zero attached hydrogens (tertiary/aromatic N) is 1. The van der Waals surface area contributed by atoms with Crippen molar-refractivity contribution in [3.63, 3.8) is 0 Å². The number of aliphatic hydroxyl groups excluding tert-OH is 2. The molecule has 0 bridgehead atoms. The molecule has 0 amide bonds. The summed E-state index contributed by atoms with van der Waals surface area (Å²) in [5.74, 6) is 1.12. The first-order chi connectivity index (χ1) is 17.1. The molecular formula is C26H35NO8. The van der Waals surface area contributed by atoms with Crippen LogP contribution < -0.4 is 14.2 Å². The summed E-state index contributed by atoms with van der Waals surface area (Å²) in [7, 11) is 0. The Labute approximate surface area is 206 Å². The lowest BCUT2D eigenvalue weighted by molar-refractivity contribution is -0.169. The average molecular weight is 490 g/mol. The number of carbonyl (C=O) groups excluding carboxylic acids is 1. The Hall–Kier alpha value is -2.85. The normalized spacial score (nSPS) is 13.5. The standard InChI is InChI=1S/C26H35NO8/c1-4-31-21-11-7-9-19-23(21)35-24-20(10-8-12-22(24)32-5-2)26(19,34-6-3)25(30)33-18-15-27(13-16-28)14-17-29/h7-12,28-29H,4-6,13-18H2,1-3H3. The van der Waals surface area contributed by atoms with Crippen molar-refractivity contribution in [1.82, 2.24) is 4.90 Å². The topological polar surface area (TPSA) is 107 Å². The zero-order chi connectivity index (χ0) is 25.3. The van der Waals surface area contributed by atoms with Crippen molar-refractivity contribution in [3.8, 4) is 23.0 Å². The predicted molar refractivity (Wildman–Crippen MR) is 129 cm³/mol. The van der Waals surface area contributed by atoms with Crippen LogP contribution in [0.5, 0.6) is 23.0 Å². The Bertz CT molecular complexity index is 918. The molecule has 0 aromatic heterocycles. The van der Waals surface area contributed by atoms with Crippen LogP contribution in [0, 0.1) is 0 Å². The van der Waals surface area contributed by atoms with Crippen LogP contribution in [0.4, 0.5) is 0 Å². The summed E-state index contributed by atoms with van der Waals surface area (Å²) in [6.07, 6.45) is 0. The second-order valence-electron chi connectivity index (χ2n) is 7.77. The van der Waals surface area contributed by atoms with Crippen LogP contribution in [0.25, 0.3) is 0 Å². The van der Waals surface area contributed by atoms with E-state index in [0.29, 0.717) is 67.0 Å². The Morgan fingerprint density at radius 2 is 1.40 bits per heavy atom. The number of para-hydroxylation sites is 2. The Morgan fingerprint density at radius 1 is 0.857 bits per heavy atom. The molecule has 0 spiro atoms. The molecule has 2 aromatic rings. The van der Waals surface area contributed by atoms with Gasteiger partial charge in [-0.2, -0.15) is 0 Å². The molecular weight excluding hydrogens is 454 g/mol. The maximum Gasteiger partial charge on any atom is 0.348 e. The van der Waals surface area contributed by atoms with Gasteiger partial charge in [0.15, 0.2) is 23.0 Å². The van der Waals surface area contributed by atoms with Gasteiger partial charge in [0.05, 0.1) is 26.4 Å². The van der Waals surface area contributed by atoms with Gasteiger partial charge in [0.2, 0.25) is 5.60 Å². The van der Waals surface area contributed by atoms with Crippen molar-refractivity contribution < 1.29 is 38.7 Å². The summed E-state index contributed by atoms with van der Waals surface area (Å²) < 4.78 is 29.9. The van der Waals surface area contributed by atoms with Gasteiger partial charge in [0.1, 0.15) is 6.61 Å². The fourth-order valence-electron chi connectivity index (χ4n) is 4.22. The Balaban J connectivity index is 2.08. The fourth-order valence-corrected chi connectivity index (χ4v) is 4.22. The van der Waals surface area contributed by atoms with Gasteiger partial charge >= 0.3 is 5.97 Å². The molecule has 35 heavy (non-hydrogen) atoms. The third-order valence-corrected chi connectivity index (χ3v) is 5.64. The molecule has 0 radical (unpaired) electrons. The summed E-state index contributed by atoms with van der Waals surface area (Å²) in [5.41, 5.74) is -0.630. The SMILES string of the molecule is CCOc1cccc2c1Oc1c(OCC)cccc1C2(OCC)C(=O)OCCN(CCO)CCO. The molecule has 2 N–H and O–H groups in total. The largest absolute Gasteiger partial charge is 0.490 e. The van der Waals surface area contributed by atoms with E-state index in [1.54, 1.807) is 36.4 Å². The van der Waals surface area contributed by atoms with Gasteiger partial charge in [0, 0.05) is 37.4 Å². The smallest absolute Gasteiger partial charge is 0.348 e. The second-order valence-corrected chi connectivity index (χ2v) is 7.77. The molecule has 1 heterocycles. The van der Waals surface area contributed by atoms with Crippen LogP contribution in [-0.4, -0.2) is 80.4 Å². The summed E-state index contributed by atoms with van der Waals surface area (Å²) in [5, 5.41) is 18.5. The molecule has 9 heteroatoms. The maximum absolute atomic E-state index is 13.9. The lowest BCUT2D eigenvalue weighted by atomic mass is 9.82. The number of rotatable bonds is 14. The summed E-state index contributed by atoms with van der Waals surface area (Å²) >= 11 is 0. The third-order valence-electron chi connectivity index (χ3n) is 5.64. The van der Waals surface area contributed by atoms with Gasteiger partial charge in [-0.25, -0.2) is 4.79 Å². The molecule has 1 aliphatic rings. The fraction of sp³-hybridized carbons (Fsp3) is 0.500. The van der Waals surface area contributed by atoms with E-state index >= 15 is 0 Å². The third kappa shape index (κ3) is 5.54. The van der Waals surface area contributed by atoms with Crippen molar-refractivity contribution in [1.29, 1.82) is 0 Å². The van der Waals surface area contributed by atoms with E-state index in [4.69, 9.17) is 23.7 Å². The Kier molecular flexibility index (Phi) is 9.73. The van der Waals surface area contributed by atoms with Crippen LogP contribution in [0.15, 0.2) is 36.4 Å². The van der Waals surface area contributed by atoms with Gasteiger partial charge < -0.3 is 33.9 Å². The van der Waals surface area contributed by atoms with Gasteiger partial charge in [-0.05, 0) is 32.9 Å². The first-order valence-corrected chi connectivity index (χ1v) is 12.0. The van der Waals surface area contributed by atoms with Crippen molar-refractivity contribution in [3.05, 3.63) is 47.5 Å². The second kappa shape index (κ2) is 12.7. The van der Waals surface area contributed by atoms with Crippen molar-refractivity contribution in [2.24, 2.45) is 0 Å². The molecule has 0 saturated heterocycles. The lowest BCUT2D eigenvalue weighted by Crippen LogP contribution is -2.44. The number of aliphatic hydroxyl groups is 2. The monoisotopic (exact) mass is 489 g/mol. The van der Waals surface area contributed by atoms with Crippen LogP contribution >= 0.6 is 0 Å². The minimum Gasteiger partial charge on any atom is -0.490 e. The summed E-state index contributed by atoms with van der Waals surface area (Å²) in [6, 6.07) is 10.7. The van der Waals surface area contributed by atoms with E-state index in [9.17, 15) is 15.0 Å². The Morgan fingerprint density at radius 3 is 1.86 bits per heavy atom. The molecule has 0 unspecified atom stereocenters. The minimum atomic E-state index is -1.60. The highest BCUT2D eigenvalue weighted by Crippen LogP contribution is 2.55. The van der Waals surface area contributed by atoms with Gasteiger partial charge in [-0.3, -0.25) is 4.90 Å². The number of benzene rings is 2. The van der Waals surface area contributed by atoms with E-state index < -0.39 is 11.6 Å². The quantitative estimate of drug-likeness (QED) is 0.387. The number of fused-ring (bicyclic) bond motifs is 2.